The Bertz CT molecular complexity index is 513. The highest BCUT2D eigenvalue weighted by Gasteiger charge is 2.29. The number of aromatic nitrogens is 2. The van der Waals surface area contributed by atoms with Crippen molar-refractivity contribution in [3.63, 3.8) is 0 Å². The number of aliphatic carboxylic acids is 1. The van der Waals surface area contributed by atoms with Crippen molar-refractivity contribution >= 4 is 34.3 Å². The van der Waals surface area contributed by atoms with Crippen LogP contribution < -0.4 is 5.73 Å². The van der Waals surface area contributed by atoms with Crippen LogP contribution in [0.25, 0.3) is 0 Å². The molecule has 1 aromatic heterocycles. The highest BCUT2D eigenvalue weighted by molar-refractivity contribution is 7.09. The summed E-state index contributed by atoms with van der Waals surface area (Å²) in [5.74, 6) is -2.11. The van der Waals surface area contributed by atoms with Gasteiger partial charge < -0.3 is 20.4 Å². The van der Waals surface area contributed by atoms with Crippen LogP contribution in [0.2, 0.25) is 0 Å². The second-order valence-corrected chi connectivity index (χ2v) is 4.03. The molecule has 1 aromatic rings. The van der Waals surface area contributed by atoms with E-state index in [1.165, 1.54) is 0 Å². The van der Waals surface area contributed by atoms with Crippen LogP contribution in [0.1, 0.15) is 12.2 Å². The number of oxime groups is 1. The van der Waals surface area contributed by atoms with E-state index in [2.05, 4.69) is 19.3 Å². The number of carbonyl (C=O) groups excluding carboxylic acids is 1. The molecule has 1 unspecified atom stereocenters. The Balaban J connectivity index is 2.15. The molecular weight excluding hydrogens is 264 g/mol. The van der Waals surface area contributed by atoms with Gasteiger partial charge in [0.05, 0.1) is 6.61 Å². The van der Waals surface area contributed by atoms with E-state index in [9.17, 15) is 9.59 Å². The number of anilines is 1. The van der Waals surface area contributed by atoms with E-state index >= 15 is 0 Å². The number of carboxylic acid groups (broad SMARTS) is 1. The fourth-order valence-electron chi connectivity index (χ4n) is 1.20. The molecule has 1 saturated heterocycles. The van der Waals surface area contributed by atoms with Gasteiger partial charge in [-0.05, 0) is 0 Å². The van der Waals surface area contributed by atoms with Crippen molar-refractivity contribution in [2.24, 2.45) is 5.16 Å². The first-order chi connectivity index (χ1) is 8.58. The Hall–Kier alpha value is -2.23. The summed E-state index contributed by atoms with van der Waals surface area (Å²) in [5.41, 5.74) is 4.83. The van der Waals surface area contributed by atoms with Crippen molar-refractivity contribution in [3.05, 3.63) is 5.82 Å². The maximum atomic E-state index is 11.1. The zero-order valence-electron chi connectivity index (χ0n) is 8.90. The summed E-state index contributed by atoms with van der Waals surface area (Å²) in [4.78, 5) is 30.5. The Kier molecular flexibility index (Phi) is 3.37. The molecule has 1 fully saturated rings. The number of nitrogen functional groups attached to an aromatic ring is 1. The quantitative estimate of drug-likeness (QED) is 0.414. The molecule has 0 radical (unpaired) electrons. The predicted molar refractivity (Wildman–Crippen MR) is 58.9 cm³/mol. The largest absolute Gasteiger partial charge is 0.476 e. The first-order valence-corrected chi connectivity index (χ1v) is 5.58. The Morgan fingerprint density at radius 2 is 2.44 bits per heavy atom. The fraction of sp³-hybridized carbons (Fsp3) is 0.375. The summed E-state index contributed by atoms with van der Waals surface area (Å²) in [6.07, 6.45) is -0.572. The van der Waals surface area contributed by atoms with Crippen LogP contribution in [-0.2, 0) is 19.2 Å². The third-order valence-electron chi connectivity index (χ3n) is 2.01. The molecule has 0 spiro atoms. The van der Waals surface area contributed by atoms with E-state index < -0.39 is 23.8 Å². The zero-order chi connectivity index (χ0) is 13.1. The lowest BCUT2D eigenvalue weighted by molar-refractivity contribution is -0.147. The van der Waals surface area contributed by atoms with Crippen LogP contribution >= 0.6 is 11.5 Å². The number of carbonyl (C=O) groups is 2. The van der Waals surface area contributed by atoms with Crippen LogP contribution in [0, 0.1) is 0 Å². The standard InChI is InChI=1S/C8H8N4O5S/c9-8-10-5(12-18-8)4(6(13)14)11-17-3-1-2-16-7(3)15/h3H,1-2H2,(H,13,14)(H2,9,10,12). The molecule has 0 aliphatic carbocycles. The average molecular weight is 272 g/mol. The van der Waals surface area contributed by atoms with E-state index in [-0.39, 0.29) is 17.6 Å². The SMILES string of the molecule is Nc1nc(C(=NOC2CCOC2=O)C(=O)O)ns1. The predicted octanol–water partition coefficient (Wildman–Crippen LogP) is -0.759. The molecule has 0 bridgehead atoms. The third-order valence-corrected chi connectivity index (χ3v) is 2.56. The second kappa shape index (κ2) is 4.96. The first-order valence-electron chi connectivity index (χ1n) is 4.81. The fourth-order valence-corrected chi connectivity index (χ4v) is 1.63. The highest BCUT2D eigenvalue weighted by atomic mass is 32.1. The van der Waals surface area contributed by atoms with Crippen LogP contribution in [0.4, 0.5) is 5.13 Å². The van der Waals surface area contributed by atoms with Crippen LogP contribution in [0.15, 0.2) is 5.16 Å². The van der Waals surface area contributed by atoms with Gasteiger partial charge in [0.2, 0.25) is 17.6 Å². The number of cyclic esters (lactones) is 1. The summed E-state index contributed by atoms with van der Waals surface area (Å²) in [5, 5.41) is 12.4. The van der Waals surface area contributed by atoms with Gasteiger partial charge in [-0.3, -0.25) is 0 Å². The number of ether oxygens (including phenoxy) is 1. The molecule has 2 rings (SSSR count). The zero-order valence-corrected chi connectivity index (χ0v) is 9.72. The molecule has 3 N–H and O–H groups in total. The van der Waals surface area contributed by atoms with Gasteiger partial charge in [-0.15, -0.1) is 0 Å². The molecule has 0 amide bonds. The smallest absolute Gasteiger partial charge is 0.362 e. The van der Waals surface area contributed by atoms with Gasteiger partial charge in [0.15, 0.2) is 5.13 Å². The monoisotopic (exact) mass is 272 g/mol. The lowest BCUT2D eigenvalue weighted by atomic mass is 10.3. The van der Waals surface area contributed by atoms with Crippen molar-refractivity contribution in [1.82, 2.24) is 9.36 Å². The third kappa shape index (κ3) is 2.53. The van der Waals surface area contributed by atoms with Crippen LogP contribution in [0.5, 0.6) is 0 Å². The summed E-state index contributed by atoms with van der Waals surface area (Å²) < 4.78 is 8.34. The van der Waals surface area contributed by atoms with E-state index in [4.69, 9.17) is 15.7 Å². The van der Waals surface area contributed by atoms with Crippen molar-refractivity contribution < 1.29 is 24.3 Å². The number of esters is 1. The van der Waals surface area contributed by atoms with Gasteiger partial charge >= 0.3 is 11.9 Å². The van der Waals surface area contributed by atoms with Crippen molar-refractivity contribution in [2.75, 3.05) is 12.3 Å². The topological polar surface area (TPSA) is 137 Å². The van der Waals surface area contributed by atoms with E-state index in [0.29, 0.717) is 6.42 Å². The molecule has 10 heteroatoms. The average Bonchev–Trinajstić information content (AvgIpc) is 2.89. The first kappa shape index (κ1) is 12.2. The summed E-state index contributed by atoms with van der Waals surface area (Å²) >= 11 is 0.834. The minimum Gasteiger partial charge on any atom is -0.476 e. The number of nitrogens with zero attached hydrogens (tertiary/aromatic N) is 3. The normalized spacial score (nSPS) is 19.7. The van der Waals surface area contributed by atoms with Gasteiger partial charge in [0.25, 0.3) is 0 Å². The van der Waals surface area contributed by atoms with E-state index in [0.717, 1.165) is 11.5 Å². The van der Waals surface area contributed by atoms with Gasteiger partial charge in [-0.1, -0.05) is 5.16 Å². The highest BCUT2D eigenvalue weighted by Crippen LogP contribution is 2.12. The van der Waals surface area contributed by atoms with Crippen molar-refractivity contribution in [2.45, 2.75) is 12.5 Å². The van der Waals surface area contributed by atoms with Crippen LogP contribution in [0.3, 0.4) is 0 Å². The Morgan fingerprint density at radius 3 is 2.94 bits per heavy atom. The van der Waals surface area contributed by atoms with Crippen molar-refractivity contribution in [3.8, 4) is 0 Å². The summed E-state index contributed by atoms with van der Waals surface area (Å²) in [6, 6.07) is 0. The molecule has 1 aliphatic rings. The molecule has 0 aromatic carbocycles. The molecular formula is C8H8N4O5S. The molecule has 1 atom stereocenters. The van der Waals surface area contributed by atoms with Gasteiger partial charge in [-0.2, -0.15) is 9.36 Å². The number of rotatable bonds is 4. The van der Waals surface area contributed by atoms with Gasteiger partial charge in [0, 0.05) is 18.0 Å². The van der Waals surface area contributed by atoms with Gasteiger partial charge in [-0.25, -0.2) is 9.59 Å². The summed E-state index contributed by atoms with van der Waals surface area (Å²) in [7, 11) is 0. The maximum Gasteiger partial charge on any atom is 0.362 e. The molecule has 96 valence electrons. The van der Waals surface area contributed by atoms with E-state index in [1.807, 2.05) is 0 Å². The Morgan fingerprint density at radius 1 is 1.67 bits per heavy atom. The number of hydrogen-bond donors (Lipinski definition) is 2. The van der Waals surface area contributed by atoms with E-state index in [1.54, 1.807) is 0 Å². The molecule has 1 aliphatic heterocycles. The summed E-state index contributed by atoms with van der Waals surface area (Å²) in [6.45, 7) is 0.226. The maximum absolute atomic E-state index is 11.1. The molecule has 9 nitrogen and oxygen atoms in total. The van der Waals surface area contributed by atoms with Crippen LogP contribution in [-0.4, -0.2) is 44.8 Å². The lowest BCUT2D eigenvalue weighted by Gasteiger charge is -2.03. The number of hydrogen-bond acceptors (Lipinski definition) is 9. The lowest BCUT2D eigenvalue weighted by Crippen LogP contribution is -2.21. The van der Waals surface area contributed by atoms with Crippen molar-refractivity contribution in [1.29, 1.82) is 0 Å². The number of carboxylic acids is 1. The number of nitrogens with two attached hydrogens (primary N) is 1. The molecule has 2 heterocycles. The minimum absolute atomic E-state index is 0.110. The Labute approximate surface area is 104 Å². The minimum atomic E-state index is -1.38. The molecule has 18 heavy (non-hydrogen) atoms. The molecule has 0 saturated carbocycles. The second-order valence-electron chi connectivity index (χ2n) is 3.25. The van der Waals surface area contributed by atoms with Gasteiger partial charge in [0.1, 0.15) is 0 Å².